The van der Waals surface area contributed by atoms with Crippen molar-refractivity contribution >= 4 is 17.5 Å². The smallest absolute Gasteiger partial charge is 0.274 e. The quantitative estimate of drug-likeness (QED) is 0.640. The van der Waals surface area contributed by atoms with Gasteiger partial charge in [0.25, 0.3) is 11.8 Å². The summed E-state index contributed by atoms with van der Waals surface area (Å²) in [5.41, 5.74) is 2.09. The molecule has 3 aromatic rings. The second-order valence-corrected chi connectivity index (χ2v) is 9.51. The molecule has 0 radical (unpaired) electrons. The van der Waals surface area contributed by atoms with Crippen molar-refractivity contribution < 1.29 is 19.1 Å². The van der Waals surface area contributed by atoms with Crippen molar-refractivity contribution in [2.75, 3.05) is 26.2 Å². The molecule has 0 spiro atoms. The SMILES string of the molecule is CC(C)c1cc(-c2ccc(F)cc2)nn2cc(C(=O)N3CCN(C(=O)C4(O)CCC4)CC3)nc12. The summed E-state index contributed by atoms with van der Waals surface area (Å²) in [6, 6.07) is 8.08. The maximum absolute atomic E-state index is 13.4. The van der Waals surface area contributed by atoms with E-state index in [4.69, 9.17) is 0 Å². The van der Waals surface area contributed by atoms with E-state index >= 15 is 0 Å². The number of carbonyl (C=O) groups is 2. The van der Waals surface area contributed by atoms with Crippen LogP contribution in [-0.4, -0.2) is 73.1 Å². The van der Waals surface area contributed by atoms with Crippen LogP contribution in [0.4, 0.5) is 4.39 Å². The van der Waals surface area contributed by atoms with Gasteiger partial charge in [-0.25, -0.2) is 13.9 Å². The third kappa shape index (κ3) is 3.94. The fraction of sp³-hybridized carbons (Fsp3) is 0.440. The average Bonchev–Trinajstić information content (AvgIpc) is 3.25. The van der Waals surface area contributed by atoms with E-state index in [2.05, 4.69) is 10.1 Å². The second kappa shape index (κ2) is 8.47. The fourth-order valence-electron chi connectivity index (χ4n) is 4.59. The Hall–Kier alpha value is -3.33. The first-order valence-corrected chi connectivity index (χ1v) is 11.7. The molecular weight excluding hydrogens is 437 g/mol. The van der Waals surface area contributed by atoms with Crippen molar-refractivity contribution in [3.8, 4) is 11.3 Å². The summed E-state index contributed by atoms with van der Waals surface area (Å²) in [5.74, 6) is -0.606. The van der Waals surface area contributed by atoms with E-state index in [-0.39, 0.29) is 23.5 Å². The lowest BCUT2D eigenvalue weighted by atomic mass is 9.79. The van der Waals surface area contributed by atoms with Gasteiger partial charge in [-0.1, -0.05) is 13.8 Å². The molecule has 1 saturated heterocycles. The highest BCUT2D eigenvalue weighted by Crippen LogP contribution is 2.33. The molecule has 2 amide bonds. The zero-order valence-electron chi connectivity index (χ0n) is 19.4. The minimum absolute atomic E-state index is 0.141. The van der Waals surface area contributed by atoms with Crippen LogP contribution >= 0.6 is 0 Å². The van der Waals surface area contributed by atoms with Crippen molar-refractivity contribution in [1.29, 1.82) is 0 Å². The van der Waals surface area contributed by atoms with Crippen LogP contribution in [0, 0.1) is 5.82 Å². The number of aromatic nitrogens is 3. The second-order valence-electron chi connectivity index (χ2n) is 9.51. The van der Waals surface area contributed by atoms with E-state index in [0.29, 0.717) is 56.1 Å². The van der Waals surface area contributed by atoms with Gasteiger partial charge in [0.05, 0.1) is 11.9 Å². The van der Waals surface area contributed by atoms with Crippen molar-refractivity contribution in [2.45, 2.75) is 44.6 Å². The number of carbonyl (C=O) groups excluding carboxylic acids is 2. The molecule has 1 saturated carbocycles. The third-order valence-electron chi connectivity index (χ3n) is 6.87. The molecule has 1 aliphatic carbocycles. The molecule has 1 N–H and O–H groups in total. The Kier molecular flexibility index (Phi) is 5.59. The lowest BCUT2D eigenvalue weighted by Crippen LogP contribution is -2.58. The number of fused-ring (bicyclic) bond motifs is 1. The third-order valence-corrected chi connectivity index (χ3v) is 6.87. The largest absolute Gasteiger partial charge is 0.380 e. The molecule has 9 heteroatoms. The van der Waals surface area contributed by atoms with Crippen molar-refractivity contribution in [3.05, 3.63) is 53.6 Å². The summed E-state index contributed by atoms with van der Waals surface area (Å²) >= 11 is 0. The molecule has 1 aliphatic heterocycles. The predicted octanol–water partition coefficient (Wildman–Crippen LogP) is 2.86. The first-order chi connectivity index (χ1) is 16.2. The summed E-state index contributed by atoms with van der Waals surface area (Å²) in [5, 5.41) is 15.0. The molecular formula is C25H28FN5O3. The fourth-order valence-corrected chi connectivity index (χ4v) is 4.59. The highest BCUT2D eigenvalue weighted by molar-refractivity contribution is 5.93. The molecule has 0 atom stereocenters. The van der Waals surface area contributed by atoms with Crippen molar-refractivity contribution in [3.63, 3.8) is 0 Å². The van der Waals surface area contributed by atoms with Gasteiger partial charge in [-0.3, -0.25) is 9.59 Å². The average molecular weight is 466 g/mol. The van der Waals surface area contributed by atoms with Crippen LogP contribution in [0.15, 0.2) is 36.5 Å². The summed E-state index contributed by atoms with van der Waals surface area (Å²) < 4.78 is 15.0. The summed E-state index contributed by atoms with van der Waals surface area (Å²) in [6.07, 6.45) is 3.52. The number of aliphatic hydroxyl groups is 1. The summed E-state index contributed by atoms with van der Waals surface area (Å²) in [6.45, 7) is 5.66. The first-order valence-electron chi connectivity index (χ1n) is 11.7. The minimum Gasteiger partial charge on any atom is -0.380 e. The zero-order chi connectivity index (χ0) is 24.0. The van der Waals surface area contributed by atoms with E-state index in [1.807, 2.05) is 19.9 Å². The maximum atomic E-state index is 13.4. The molecule has 0 unspecified atom stereocenters. The van der Waals surface area contributed by atoms with Crippen LogP contribution in [0.25, 0.3) is 16.9 Å². The normalized spacial score (nSPS) is 17.8. The van der Waals surface area contributed by atoms with E-state index in [1.54, 1.807) is 32.6 Å². The molecule has 0 bridgehead atoms. The van der Waals surface area contributed by atoms with Gasteiger partial charge in [0, 0.05) is 37.3 Å². The molecule has 178 valence electrons. The molecule has 5 rings (SSSR count). The van der Waals surface area contributed by atoms with Crippen LogP contribution < -0.4 is 0 Å². The lowest BCUT2D eigenvalue weighted by Gasteiger charge is -2.42. The number of nitrogens with zero attached hydrogens (tertiary/aromatic N) is 5. The minimum atomic E-state index is -1.21. The Morgan fingerprint density at radius 3 is 2.29 bits per heavy atom. The van der Waals surface area contributed by atoms with Gasteiger partial charge < -0.3 is 14.9 Å². The molecule has 34 heavy (non-hydrogen) atoms. The van der Waals surface area contributed by atoms with E-state index in [0.717, 1.165) is 17.5 Å². The predicted molar refractivity (Wildman–Crippen MR) is 124 cm³/mol. The van der Waals surface area contributed by atoms with Crippen molar-refractivity contribution in [1.82, 2.24) is 24.4 Å². The molecule has 2 aliphatic rings. The standard InChI is InChI=1S/C25H28FN5O3/c1-16(2)19-14-20(17-4-6-18(26)7-5-17)28-31-15-21(27-22(19)31)23(32)29-10-12-30(13-11-29)24(33)25(34)8-3-9-25/h4-7,14-16,34H,3,8-13H2,1-2H3. The Labute approximate surface area is 197 Å². The van der Waals surface area contributed by atoms with Gasteiger partial charge in [-0.05, 0) is 55.5 Å². The van der Waals surface area contributed by atoms with Gasteiger partial charge in [0.2, 0.25) is 0 Å². The maximum Gasteiger partial charge on any atom is 0.274 e. The monoisotopic (exact) mass is 465 g/mol. The summed E-state index contributed by atoms with van der Waals surface area (Å²) in [7, 11) is 0. The Morgan fingerprint density at radius 1 is 1.06 bits per heavy atom. The van der Waals surface area contributed by atoms with Gasteiger partial charge in [-0.15, -0.1) is 0 Å². The van der Waals surface area contributed by atoms with Gasteiger partial charge in [0.15, 0.2) is 5.65 Å². The van der Waals surface area contributed by atoms with Gasteiger partial charge >= 0.3 is 0 Å². The Balaban J connectivity index is 1.37. The Morgan fingerprint density at radius 2 is 1.71 bits per heavy atom. The van der Waals surface area contributed by atoms with Gasteiger partial charge in [0.1, 0.15) is 17.1 Å². The zero-order valence-corrected chi connectivity index (χ0v) is 19.4. The molecule has 1 aromatic carbocycles. The first kappa shape index (κ1) is 22.5. The van der Waals surface area contributed by atoms with E-state index in [1.165, 1.54) is 12.1 Å². The highest BCUT2D eigenvalue weighted by Gasteiger charge is 2.45. The molecule has 8 nitrogen and oxygen atoms in total. The topological polar surface area (TPSA) is 91.0 Å². The van der Waals surface area contributed by atoms with Crippen molar-refractivity contribution in [2.24, 2.45) is 0 Å². The number of halogens is 1. The number of piperazine rings is 1. The number of benzene rings is 1. The molecule has 3 heterocycles. The lowest BCUT2D eigenvalue weighted by molar-refractivity contribution is -0.161. The van der Waals surface area contributed by atoms with E-state index < -0.39 is 5.60 Å². The van der Waals surface area contributed by atoms with Crippen LogP contribution in [-0.2, 0) is 4.79 Å². The summed E-state index contributed by atoms with van der Waals surface area (Å²) in [4.78, 5) is 33.7. The van der Waals surface area contributed by atoms with Crippen LogP contribution in [0.5, 0.6) is 0 Å². The van der Waals surface area contributed by atoms with Crippen LogP contribution in [0.2, 0.25) is 0 Å². The van der Waals surface area contributed by atoms with Gasteiger partial charge in [-0.2, -0.15) is 5.10 Å². The number of amides is 2. The van der Waals surface area contributed by atoms with E-state index in [9.17, 15) is 19.1 Å². The number of hydrogen-bond donors (Lipinski definition) is 1. The molecule has 2 aromatic heterocycles. The highest BCUT2D eigenvalue weighted by atomic mass is 19.1. The van der Waals surface area contributed by atoms with Crippen LogP contribution in [0.1, 0.15) is 55.1 Å². The Bertz CT molecular complexity index is 1240. The number of rotatable bonds is 4. The number of imidazole rings is 1. The molecule has 2 fully saturated rings. The number of hydrogen-bond acceptors (Lipinski definition) is 5. The van der Waals surface area contributed by atoms with Crippen LogP contribution in [0.3, 0.4) is 0 Å².